The average Bonchev–Trinajstić information content (AvgIpc) is 2.97. The van der Waals surface area contributed by atoms with E-state index in [1.165, 1.54) is 19.2 Å². The first kappa shape index (κ1) is 34.6. The molecule has 0 radical (unpaired) electrons. The molecule has 0 fully saturated rings. The van der Waals surface area contributed by atoms with Crippen molar-refractivity contribution in [2.45, 2.75) is 70.8 Å². The van der Waals surface area contributed by atoms with Crippen LogP contribution in [0.2, 0.25) is 0 Å². The molecule has 43 heavy (non-hydrogen) atoms. The van der Waals surface area contributed by atoms with Gasteiger partial charge in [-0.25, -0.2) is 19.2 Å². The van der Waals surface area contributed by atoms with Gasteiger partial charge in [0.05, 0.1) is 25.1 Å². The third-order valence-corrected chi connectivity index (χ3v) is 5.79. The number of unbranched alkanes of at least 4 members (excludes halogenated alkanes) is 1. The predicted molar refractivity (Wildman–Crippen MR) is 157 cm³/mol. The van der Waals surface area contributed by atoms with E-state index in [0.29, 0.717) is 30.5 Å². The molecule has 13 heteroatoms. The van der Waals surface area contributed by atoms with Crippen LogP contribution < -0.4 is 16.4 Å². The first-order valence-electron chi connectivity index (χ1n) is 13.7. The molecule has 13 nitrogen and oxygen atoms in total. The Labute approximate surface area is 250 Å². The van der Waals surface area contributed by atoms with E-state index in [2.05, 4.69) is 20.5 Å². The average molecular weight is 601 g/mol. The summed E-state index contributed by atoms with van der Waals surface area (Å²) in [6.07, 6.45) is -1.84. The van der Waals surface area contributed by atoms with Gasteiger partial charge in [0.25, 0.3) is 0 Å². The number of nitrogens with zero attached hydrogens (tertiary/aromatic N) is 1. The number of carbonyl (C=O) groups is 4. The van der Waals surface area contributed by atoms with Crippen molar-refractivity contribution in [1.82, 2.24) is 10.6 Å². The number of carbonyl (C=O) groups excluding carboxylic acids is 4. The van der Waals surface area contributed by atoms with Crippen molar-refractivity contribution in [3.8, 4) is 0 Å². The highest BCUT2D eigenvalue weighted by atomic mass is 16.7. The van der Waals surface area contributed by atoms with Crippen molar-refractivity contribution in [3.63, 3.8) is 0 Å². The summed E-state index contributed by atoms with van der Waals surface area (Å²) in [6, 6.07) is 14.2. The van der Waals surface area contributed by atoms with Gasteiger partial charge in [0, 0.05) is 6.54 Å². The molecule has 0 aromatic heterocycles. The molecule has 0 saturated heterocycles. The van der Waals surface area contributed by atoms with Crippen molar-refractivity contribution in [2.75, 3.05) is 13.7 Å². The lowest BCUT2D eigenvalue weighted by Crippen LogP contribution is -2.49. The Kier molecular flexibility index (Phi) is 13.9. The van der Waals surface area contributed by atoms with E-state index in [-0.39, 0.29) is 19.4 Å². The topological polar surface area (TPSA) is 188 Å². The summed E-state index contributed by atoms with van der Waals surface area (Å²) in [5, 5.41) is 19.6. The normalized spacial score (nSPS) is 12.8. The number of rotatable bonds is 14. The maximum Gasteiger partial charge on any atom is 0.407 e. The van der Waals surface area contributed by atoms with E-state index < -0.39 is 47.7 Å². The molecule has 0 aliphatic rings. The fraction of sp³-hybridized carbons (Fsp3) is 0.433. The third kappa shape index (κ3) is 13.7. The SMILES string of the molecule is COC(=O)c1ccc(CC(=O)ON=C(N)C(O)C(CCCCNC(=O)OC(C)(C)C)NC(=O)OCc2ccccc2)cc1. The standard InChI is InChI=1S/C30H40N4O9/c1-30(2,3)42-28(38)32-17-9-8-12-23(33-29(39)41-19-21-10-6-5-7-11-21)25(36)26(31)34-43-24(35)18-20-13-15-22(16-14-20)27(37)40-4/h5-7,10-11,13-16,23,25,36H,8-9,12,17-19H2,1-4H3,(H2,31,34)(H,32,38)(H,33,39). The zero-order valence-corrected chi connectivity index (χ0v) is 24.8. The second-order valence-electron chi connectivity index (χ2n) is 10.5. The molecule has 2 amide bonds. The molecule has 234 valence electrons. The van der Waals surface area contributed by atoms with Crippen LogP contribution in [0.15, 0.2) is 59.8 Å². The first-order valence-corrected chi connectivity index (χ1v) is 13.7. The number of oxime groups is 1. The molecule has 0 saturated carbocycles. The number of aliphatic hydroxyl groups excluding tert-OH is 1. The van der Waals surface area contributed by atoms with Gasteiger partial charge >= 0.3 is 24.1 Å². The number of alkyl carbamates (subject to hydrolysis) is 2. The van der Waals surface area contributed by atoms with Gasteiger partial charge in [0.1, 0.15) is 18.3 Å². The Morgan fingerprint density at radius 1 is 0.953 bits per heavy atom. The zero-order chi connectivity index (χ0) is 31.8. The number of amides is 2. The molecule has 2 rings (SSSR count). The summed E-state index contributed by atoms with van der Waals surface area (Å²) in [4.78, 5) is 53.0. The van der Waals surface area contributed by atoms with Crippen molar-refractivity contribution < 1.29 is 43.3 Å². The van der Waals surface area contributed by atoms with Gasteiger partial charge in [-0.05, 0) is 63.3 Å². The Balaban J connectivity index is 1.95. The lowest BCUT2D eigenvalue weighted by molar-refractivity contribution is -0.142. The van der Waals surface area contributed by atoms with Gasteiger partial charge in [0.15, 0.2) is 5.84 Å². The highest BCUT2D eigenvalue weighted by molar-refractivity contribution is 5.89. The van der Waals surface area contributed by atoms with Gasteiger partial charge in [-0.15, -0.1) is 0 Å². The number of hydrogen-bond donors (Lipinski definition) is 4. The lowest BCUT2D eigenvalue weighted by atomic mass is 10.0. The van der Waals surface area contributed by atoms with Crippen LogP contribution in [0, 0.1) is 0 Å². The quantitative estimate of drug-likeness (QED) is 0.0477. The van der Waals surface area contributed by atoms with Gasteiger partial charge in [-0.2, -0.15) is 0 Å². The second kappa shape index (κ2) is 17.3. The highest BCUT2D eigenvalue weighted by Gasteiger charge is 2.26. The maximum atomic E-state index is 12.5. The fourth-order valence-corrected chi connectivity index (χ4v) is 3.66. The molecular weight excluding hydrogens is 560 g/mol. The number of amidine groups is 1. The first-order chi connectivity index (χ1) is 20.4. The Morgan fingerprint density at radius 3 is 2.26 bits per heavy atom. The summed E-state index contributed by atoms with van der Waals surface area (Å²) in [5.74, 6) is -1.71. The van der Waals surface area contributed by atoms with Crippen LogP contribution >= 0.6 is 0 Å². The van der Waals surface area contributed by atoms with E-state index in [1.54, 1.807) is 45.0 Å². The molecule has 2 unspecified atom stereocenters. The number of benzene rings is 2. The van der Waals surface area contributed by atoms with Gasteiger partial charge in [-0.1, -0.05) is 47.6 Å². The highest BCUT2D eigenvalue weighted by Crippen LogP contribution is 2.11. The summed E-state index contributed by atoms with van der Waals surface area (Å²) < 4.78 is 15.1. The van der Waals surface area contributed by atoms with Crippen LogP contribution in [0.5, 0.6) is 0 Å². The van der Waals surface area contributed by atoms with E-state index in [1.807, 2.05) is 18.2 Å². The van der Waals surface area contributed by atoms with E-state index in [9.17, 15) is 24.3 Å². The molecule has 0 bridgehead atoms. The van der Waals surface area contributed by atoms with Gasteiger partial charge in [-0.3, -0.25) is 0 Å². The van der Waals surface area contributed by atoms with E-state index >= 15 is 0 Å². The Morgan fingerprint density at radius 2 is 1.63 bits per heavy atom. The lowest BCUT2D eigenvalue weighted by Gasteiger charge is -2.23. The summed E-state index contributed by atoms with van der Waals surface area (Å²) >= 11 is 0. The Bertz CT molecular complexity index is 1230. The van der Waals surface area contributed by atoms with Crippen LogP contribution in [0.25, 0.3) is 0 Å². The minimum atomic E-state index is -1.52. The molecular formula is C30H40N4O9. The molecule has 0 aliphatic heterocycles. The second-order valence-corrected chi connectivity index (χ2v) is 10.5. The minimum absolute atomic E-state index is 0.0110. The van der Waals surface area contributed by atoms with Gasteiger partial charge < -0.3 is 40.5 Å². The summed E-state index contributed by atoms with van der Waals surface area (Å²) in [5.41, 5.74) is 6.93. The van der Waals surface area contributed by atoms with Crippen molar-refractivity contribution in [3.05, 3.63) is 71.3 Å². The van der Waals surface area contributed by atoms with Crippen molar-refractivity contribution in [1.29, 1.82) is 0 Å². The monoisotopic (exact) mass is 600 g/mol. The number of esters is 1. The molecule has 0 spiro atoms. The summed E-state index contributed by atoms with van der Waals surface area (Å²) in [6.45, 7) is 5.59. The minimum Gasteiger partial charge on any atom is -0.465 e. The van der Waals surface area contributed by atoms with Gasteiger partial charge in [0.2, 0.25) is 0 Å². The predicted octanol–water partition coefficient (Wildman–Crippen LogP) is 3.18. The van der Waals surface area contributed by atoms with Crippen LogP contribution in [0.1, 0.15) is 61.5 Å². The fourth-order valence-electron chi connectivity index (χ4n) is 3.66. The Hall–Kier alpha value is -4.65. The molecule has 5 N–H and O–H groups in total. The molecule has 0 heterocycles. The smallest absolute Gasteiger partial charge is 0.407 e. The number of ether oxygens (including phenoxy) is 3. The maximum absolute atomic E-state index is 12.5. The molecule has 2 aromatic rings. The molecule has 0 aliphatic carbocycles. The molecule has 2 atom stereocenters. The van der Waals surface area contributed by atoms with E-state index in [4.69, 9.17) is 20.0 Å². The molecule has 2 aromatic carbocycles. The number of aliphatic hydroxyl groups is 1. The number of nitrogens with two attached hydrogens (primary N) is 1. The number of nitrogens with one attached hydrogen (secondary N) is 2. The van der Waals surface area contributed by atoms with Crippen LogP contribution in [0.4, 0.5) is 9.59 Å². The van der Waals surface area contributed by atoms with Crippen LogP contribution in [-0.2, 0) is 36.9 Å². The number of hydrogen-bond acceptors (Lipinski definition) is 10. The number of methoxy groups -OCH3 is 1. The van der Waals surface area contributed by atoms with Crippen molar-refractivity contribution >= 4 is 30.0 Å². The summed E-state index contributed by atoms with van der Waals surface area (Å²) in [7, 11) is 1.27. The third-order valence-electron chi connectivity index (χ3n) is 5.79. The van der Waals surface area contributed by atoms with Crippen LogP contribution in [-0.4, -0.2) is 66.5 Å². The van der Waals surface area contributed by atoms with Crippen LogP contribution in [0.3, 0.4) is 0 Å². The van der Waals surface area contributed by atoms with Crippen molar-refractivity contribution in [2.24, 2.45) is 10.9 Å². The zero-order valence-electron chi connectivity index (χ0n) is 24.8. The largest absolute Gasteiger partial charge is 0.465 e. The van der Waals surface area contributed by atoms with E-state index in [0.717, 1.165) is 5.56 Å².